The van der Waals surface area contributed by atoms with E-state index in [0.717, 1.165) is 25.6 Å². The topological polar surface area (TPSA) is 44.8 Å². The Balaban J connectivity index is 1.72. The summed E-state index contributed by atoms with van der Waals surface area (Å²) < 4.78 is 32.3. The highest BCUT2D eigenvalue weighted by atomic mass is 19.2. The SMILES string of the molecule is CN1CCO[C@H](C(=O)N[C@H]2CCN(C)[C@H]2c2ccc(F)c(F)c2)C1. The fourth-order valence-corrected chi connectivity index (χ4v) is 3.49. The molecule has 1 aromatic carbocycles. The molecule has 2 aliphatic rings. The van der Waals surface area contributed by atoms with Gasteiger partial charge in [-0.3, -0.25) is 9.69 Å². The molecule has 3 rings (SSSR count). The van der Waals surface area contributed by atoms with E-state index < -0.39 is 17.7 Å². The minimum atomic E-state index is -0.866. The van der Waals surface area contributed by atoms with Gasteiger partial charge in [-0.05, 0) is 38.2 Å². The molecule has 2 saturated heterocycles. The third kappa shape index (κ3) is 3.58. The van der Waals surface area contributed by atoms with Crippen LogP contribution in [0.25, 0.3) is 0 Å². The highest BCUT2D eigenvalue weighted by molar-refractivity contribution is 5.81. The Morgan fingerprint density at radius 3 is 2.75 bits per heavy atom. The van der Waals surface area contributed by atoms with Gasteiger partial charge in [-0.15, -0.1) is 0 Å². The number of carbonyl (C=O) groups excluding carboxylic acids is 1. The molecule has 5 nitrogen and oxygen atoms in total. The van der Waals surface area contributed by atoms with Crippen molar-refractivity contribution in [3.8, 4) is 0 Å². The number of nitrogens with zero attached hydrogens (tertiary/aromatic N) is 2. The van der Waals surface area contributed by atoms with Crippen LogP contribution in [0.4, 0.5) is 8.78 Å². The Hall–Kier alpha value is -1.57. The van der Waals surface area contributed by atoms with E-state index in [9.17, 15) is 13.6 Å². The number of hydrogen-bond donors (Lipinski definition) is 1. The van der Waals surface area contributed by atoms with Crippen molar-refractivity contribution in [1.29, 1.82) is 0 Å². The molecule has 1 aromatic rings. The molecule has 1 N–H and O–H groups in total. The van der Waals surface area contributed by atoms with Crippen molar-refractivity contribution in [3.63, 3.8) is 0 Å². The number of rotatable bonds is 3. The second-order valence-electron chi connectivity index (χ2n) is 6.62. The van der Waals surface area contributed by atoms with E-state index in [1.165, 1.54) is 6.07 Å². The van der Waals surface area contributed by atoms with Gasteiger partial charge in [-0.1, -0.05) is 6.07 Å². The molecule has 2 aliphatic heterocycles. The molecule has 132 valence electrons. The number of amides is 1. The fraction of sp³-hybridized carbons (Fsp3) is 0.588. The van der Waals surface area contributed by atoms with Gasteiger partial charge in [0, 0.05) is 25.7 Å². The van der Waals surface area contributed by atoms with Crippen molar-refractivity contribution in [3.05, 3.63) is 35.4 Å². The van der Waals surface area contributed by atoms with Crippen LogP contribution < -0.4 is 5.32 Å². The number of carbonyl (C=O) groups is 1. The first-order valence-electron chi connectivity index (χ1n) is 8.21. The summed E-state index contributed by atoms with van der Waals surface area (Å²) in [5.41, 5.74) is 0.667. The van der Waals surface area contributed by atoms with E-state index in [4.69, 9.17) is 4.74 Å². The lowest BCUT2D eigenvalue weighted by atomic mass is 9.99. The van der Waals surface area contributed by atoms with E-state index >= 15 is 0 Å². The molecule has 0 aliphatic carbocycles. The van der Waals surface area contributed by atoms with Gasteiger partial charge in [0.25, 0.3) is 5.91 Å². The summed E-state index contributed by atoms with van der Waals surface area (Å²) in [5.74, 6) is -1.87. The van der Waals surface area contributed by atoms with Crippen LogP contribution in [0.2, 0.25) is 0 Å². The van der Waals surface area contributed by atoms with Crippen molar-refractivity contribution in [2.45, 2.75) is 24.6 Å². The Bertz CT molecular complexity index is 613. The second kappa shape index (κ2) is 7.13. The zero-order valence-electron chi connectivity index (χ0n) is 14.0. The Labute approximate surface area is 140 Å². The minimum Gasteiger partial charge on any atom is -0.366 e. The Kier molecular flexibility index (Phi) is 5.12. The van der Waals surface area contributed by atoms with E-state index in [1.807, 2.05) is 19.0 Å². The van der Waals surface area contributed by atoms with Crippen LogP contribution in [0.1, 0.15) is 18.0 Å². The standard InChI is InChI=1S/C17H23F2N3O2/c1-21-7-8-24-15(10-21)17(23)20-14-5-6-22(2)16(14)11-3-4-12(18)13(19)9-11/h3-4,9,14-16H,5-8,10H2,1-2H3,(H,20,23)/t14-,15-,16-/m0/s1. The summed E-state index contributed by atoms with van der Waals surface area (Å²) >= 11 is 0. The zero-order chi connectivity index (χ0) is 17.3. The van der Waals surface area contributed by atoms with Crippen LogP contribution >= 0.6 is 0 Å². The highest BCUT2D eigenvalue weighted by Crippen LogP contribution is 2.31. The van der Waals surface area contributed by atoms with Crippen molar-refractivity contribution >= 4 is 5.91 Å². The maximum absolute atomic E-state index is 13.6. The first-order valence-corrected chi connectivity index (χ1v) is 8.21. The Morgan fingerprint density at radius 2 is 2.04 bits per heavy atom. The molecular weight excluding hydrogens is 316 g/mol. The second-order valence-corrected chi connectivity index (χ2v) is 6.62. The van der Waals surface area contributed by atoms with Crippen LogP contribution in [0, 0.1) is 11.6 Å². The Morgan fingerprint density at radius 1 is 1.25 bits per heavy atom. The summed E-state index contributed by atoms with van der Waals surface area (Å²) in [6.07, 6.45) is 0.273. The van der Waals surface area contributed by atoms with E-state index in [2.05, 4.69) is 10.2 Å². The molecule has 0 aromatic heterocycles. The molecule has 24 heavy (non-hydrogen) atoms. The highest BCUT2D eigenvalue weighted by Gasteiger charge is 2.36. The molecule has 0 unspecified atom stereocenters. The van der Waals surface area contributed by atoms with E-state index in [0.29, 0.717) is 18.7 Å². The monoisotopic (exact) mass is 339 g/mol. The molecule has 1 amide bonds. The van der Waals surface area contributed by atoms with Gasteiger partial charge in [0.05, 0.1) is 12.6 Å². The van der Waals surface area contributed by atoms with Gasteiger partial charge in [-0.25, -0.2) is 8.78 Å². The summed E-state index contributed by atoms with van der Waals surface area (Å²) in [7, 11) is 3.87. The molecule has 0 radical (unpaired) electrons. The maximum Gasteiger partial charge on any atom is 0.250 e. The van der Waals surface area contributed by atoms with Crippen LogP contribution in [-0.2, 0) is 9.53 Å². The largest absolute Gasteiger partial charge is 0.366 e. The zero-order valence-corrected chi connectivity index (χ0v) is 14.0. The number of hydrogen-bond acceptors (Lipinski definition) is 4. The molecule has 2 heterocycles. The smallest absolute Gasteiger partial charge is 0.250 e. The molecule has 2 fully saturated rings. The van der Waals surface area contributed by atoms with Crippen LogP contribution in [0.3, 0.4) is 0 Å². The summed E-state index contributed by atoms with van der Waals surface area (Å²) in [5, 5.41) is 3.03. The predicted octanol–water partition coefficient (Wildman–Crippen LogP) is 1.16. The average molecular weight is 339 g/mol. The quantitative estimate of drug-likeness (QED) is 0.898. The number of ether oxygens (including phenoxy) is 1. The van der Waals surface area contributed by atoms with E-state index in [1.54, 1.807) is 6.07 Å². The molecule has 0 bridgehead atoms. The number of morpholine rings is 1. The van der Waals surface area contributed by atoms with Gasteiger partial charge in [0.15, 0.2) is 11.6 Å². The van der Waals surface area contributed by atoms with Gasteiger partial charge in [-0.2, -0.15) is 0 Å². The molecule has 0 saturated carbocycles. The van der Waals surface area contributed by atoms with Crippen molar-refractivity contribution in [1.82, 2.24) is 15.1 Å². The first kappa shape index (κ1) is 17.3. The minimum absolute atomic E-state index is 0.144. The summed E-state index contributed by atoms with van der Waals surface area (Å²) in [6, 6.07) is 3.60. The van der Waals surface area contributed by atoms with Crippen molar-refractivity contribution in [2.24, 2.45) is 0 Å². The van der Waals surface area contributed by atoms with Crippen LogP contribution in [0.15, 0.2) is 18.2 Å². The maximum atomic E-state index is 13.6. The van der Waals surface area contributed by atoms with Crippen molar-refractivity contribution in [2.75, 3.05) is 40.3 Å². The number of benzene rings is 1. The van der Waals surface area contributed by atoms with Crippen LogP contribution in [0.5, 0.6) is 0 Å². The lowest BCUT2D eigenvalue weighted by Crippen LogP contribution is -2.51. The van der Waals surface area contributed by atoms with Gasteiger partial charge in [0.2, 0.25) is 0 Å². The number of likely N-dealkylation sites (N-methyl/N-ethyl adjacent to an activating group) is 2. The van der Waals surface area contributed by atoms with E-state index in [-0.39, 0.29) is 18.0 Å². The number of halogens is 2. The molecular formula is C17H23F2N3O2. The lowest BCUT2D eigenvalue weighted by molar-refractivity contribution is -0.138. The molecule has 3 atom stereocenters. The summed E-state index contributed by atoms with van der Waals surface area (Å²) in [4.78, 5) is 16.6. The fourth-order valence-electron chi connectivity index (χ4n) is 3.49. The van der Waals surface area contributed by atoms with Crippen molar-refractivity contribution < 1.29 is 18.3 Å². The number of nitrogens with one attached hydrogen (secondary N) is 1. The predicted molar refractivity (Wildman–Crippen MR) is 85.5 cm³/mol. The third-order valence-electron chi connectivity index (χ3n) is 4.82. The first-order chi connectivity index (χ1) is 11.5. The molecule has 7 heteroatoms. The van der Waals surface area contributed by atoms with Gasteiger partial charge >= 0.3 is 0 Å². The van der Waals surface area contributed by atoms with Gasteiger partial charge in [0.1, 0.15) is 6.10 Å². The lowest BCUT2D eigenvalue weighted by Gasteiger charge is -2.31. The van der Waals surface area contributed by atoms with Crippen LogP contribution in [-0.4, -0.2) is 68.2 Å². The number of likely N-dealkylation sites (tertiary alicyclic amines) is 1. The normalized spacial score (nSPS) is 28.9. The molecule has 0 spiro atoms. The average Bonchev–Trinajstić information content (AvgIpc) is 2.90. The third-order valence-corrected chi connectivity index (χ3v) is 4.82. The van der Waals surface area contributed by atoms with Gasteiger partial charge < -0.3 is 15.0 Å². The summed E-state index contributed by atoms with van der Waals surface area (Å²) in [6.45, 7) is 2.68.